The molecule has 31 heavy (non-hydrogen) atoms. The number of rotatable bonds is 9. The Hall–Kier alpha value is -3.60. The highest BCUT2D eigenvalue weighted by Gasteiger charge is 2.07. The van der Waals surface area contributed by atoms with Crippen LogP contribution >= 0.6 is 0 Å². The van der Waals surface area contributed by atoms with Gasteiger partial charge < -0.3 is 15.4 Å². The fourth-order valence-corrected chi connectivity index (χ4v) is 3.26. The highest BCUT2D eigenvalue weighted by atomic mass is 16.5. The molecule has 0 aliphatic heterocycles. The third-order valence-electron chi connectivity index (χ3n) is 5.01. The van der Waals surface area contributed by atoms with E-state index in [1.165, 1.54) is 11.1 Å². The quantitative estimate of drug-likeness (QED) is 0.557. The summed E-state index contributed by atoms with van der Waals surface area (Å²) in [5.41, 5.74) is 4.91. The van der Waals surface area contributed by atoms with Gasteiger partial charge in [0, 0.05) is 18.7 Å². The minimum Gasteiger partial charge on any atom is -0.497 e. The van der Waals surface area contributed by atoms with Crippen molar-refractivity contribution in [3.63, 3.8) is 0 Å². The number of methoxy groups -OCH3 is 1. The molecule has 0 spiro atoms. The predicted molar refractivity (Wildman–Crippen MR) is 122 cm³/mol. The van der Waals surface area contributed by atoms with Crippen LogP contribution in [0.25, 0.3) is 0 Å². The minimum atomic E-state index is -0.0947. The van der Waals surface area contributed by atoms with Gasteiger partial charge in [-0.2, -0.15) is 0 Å². The summed E-state index contributed by atoms with van der Waals surface area (Å²) >= 11 is 0. The summed E-state index contributed by atoms with van der Waals surface area (Å²) in [5.74, 6) is 0.620. The molecule has 0 heterocycles. The van der Waals surface area contributed by atoms with Crippen molar-refractivity contribution in [2.45, 2.75) is 26.3 Å². The van der Waals surface area contributed by atoms with Gasteiger partial charge in [0.05, 0.1) is 13.5 Å². The molecule has 2 amide bonds. The van der Waals surface area contributed by atoms with Crippen molar-refractivity contribution in [2.75, 3.05) is 13.7 Å². The lowest BCUT2D eigenvalue weighted by Gasteiger charge is -2.08. The number of benzene rings is 3. The van der Waals surface area contributed by atoms with Crippen LogP contribution in [-0.2, 0) is 24.2 Å². The number of nitrogens with one attached hydrogen (secondary N) is 2. The highest BCUT2D eigenvalue weighted by molar-refractivity contribution is 5.94. The van der Waals surface area contributed by atoms with Crippen molar-refractivity contribution in [1.29, 1.82) is 0 Å². The molecule has 0 unspecified atom stereocenters. The van der Waals surface area contributed by atoms with E-state index < -0.39 is 0 Å². The van der Waals surface area contributed by atoms with E-state index in [1.807, 2.05) is 42.5 Å². The first-order valence-electron chi connectivity index (χ1n) is 10.4. The van der Waals surface area contributed by atoms with Gasteiger partial charge in [0.2, 0.25) is 5.91 Å². The summed E-state index contributed by atoms with van der Waals surface area (Å²) in [6.45, 7) is 3.07. The molecule has 160 valence electrons. The number of carbonyl (C=O) groups excluding carboxylic acids is 2. The van der Waals surface area contributed by atoms with Gasteiger partial charge in [-0.25, -0.2) is 0 Å². The number of hydrogen-bond donors (Lipinski definition) is 2. The molecule has 0 bridgehead atoms. The van der Waals surface area contributed by atoms with E-state index in [0.717, 1.165) is 23.3 Å². The van der Waals surface area contributed by atoms with Crippen molar-refractivity contribution < 1.29 is 14.3 Å². The fraction of sp³-hybridized carbons (Fsp3) is 0.231. The second-order valence-electron chi connectivity index (χ2n) is 7.49. The number of ether oxygens (including phenoxy) is 1. The van der Waals surface area contributed by atoms with Gasteiger partial charge in [-0.15, -0.1) is 0 Å². The number of carbonyl (C=O) groups is 2. The number of hydrogen-bond acceptors (Lipinski definition) is 3. The lowest BCUT2D eigenvalue weighted by Crippen LogP contribution is -2.26. The van der Waals surface area contributed by atoms with Gasteiger partial charge in [-0.05, 0) is 54.3 Å². The molecule has 3 aromatic carbocycles. The molecule has 0 radical (unpaired) electrons. The van der Waals surface area contributed by atoms with Crippen LogP contribution in [0.5, 0.6) is 5.75 Å². The van der Waals surface area contributed by atoms with E-state index in [4.69, 9.17) is 4.74 Å². The lowest BCUT2D eigenvalue weighted by atomic mass is 10.1. The second kappa shape index (κ2) is 11.0. The lowest BCUT2D eigenvalue weighted by molar-refractivity contribution is -0.120. The highest BCUT2D eigenvalue weighted by Crippen LogP contribution is 2.12. The Kier molecular flexibility index (Phi) is 7.82. The summed E-state index contributed by atoms with van der Waals surface area (Å²) in [7, 11) is 1.61. The molecule has 0 saturated heterocycles. The Bertz CT molecular complexity index is 1010. The molecule has 0 aliphatic rings. The van der Waals surface area contributed by atoms with Gasteiger partial charge in [0.1, 0.15) is 5.75 Å². The zero-order valence-corrected chi connectivity index (χ0v) is 18.0. The zero-order valence-electron chi connectivity index (χ0n) is 18.0. The SMILES string of the molecule is COc1ccc(CC(=O)NCc2ccc(C(=O)NCCc3cccc(C)c3)cc2)cc1. The van der Waals surface area contributed by atoms with E-state index in [0.29, 0.717) is 25.1 Å². The molecular weight excluding hydrogens is 388 g/mol. The van der Waals surface area contributed by atoms with Crippen LogP contribution in [0, 0.1) is 6.92 Å². The van der Waals surface area contributed by atoms with Crippen LogP contribution in [0.1, 0.15) is 32.6 Å². The normalized spacial score (nSPS) is 10.4. The monoisotopic (exact) mass is 416 g/mol. The van der Waals surface area contributed by atoms with Crippen molar-refractivity contribution in [3.8, 4) is 5.75 Å². The summed E-state index contributed by atoms with van der Waals surface area (Å²) in [4.78, 5) is 24.5. The van der Waals surface area contributed by atoms with Crippen molar-refractivity contribution in [2.24, 2.45) is 0 Å². The summed E-state index contributed by atoms with van der Waals surface area (Å²) in [6.07, 6.45) is 1.11. The Labute approximate surface area is 183 Å². The summed E-state index contributed by atoms with van der Waals surface area (Å²) < 4.78 is 5.12. The standard InChI is InChI=1S/C26H28N2O3/c1-19-4-3-5-20(16-19)14-15-27-26(30)23-10-6-22(7-11-23)18-28-25(29)17-21-8-12-24(31-2)13-9-21/h3-13,16H,14-15,17-18H2,1-2H3,(H,27,30)(H,28,29). The zero-order chi connectivity index (χ0) is 22.1. The first kappa shape index (κ1) is 22.1. The number of aryl methyl sites for hydroxylation is 1. The third-order valence-corrected chi connectivity index (χ3v) is 5.01. The van der Waals surface area contributed by atoms with Gasteiger partial charge in [0.15, 0.2) is 0 Å². The molecule has 0 saturated carbocycles. The Morgan fingerprint density at radius 1 is 0.839 bits per heavy atom. The Balaban J connectivity index is 1.42. The van der Waals surface area contributed by atoms with E-state index in [1.54, 1.807) is 19.2 Å². The second-order valence-corrected chi connectivity index (χ2v) is 7.49. The summed E-state index contributed by atoms with van der Waals surface area (Å²) in [6, 6.07) is 23.0. The molecule has 3 rings (SSSR count). The fourth-order valence-electron chi connectivity index (χ4n) is 3.26. The average Bonchev–Trinajstić information content (AvgIpc) is 2.78. The molecule has 0 aromatic heterocycles. The minimum absolute atomic E-state index is 0.0527. The average molecular weight is 417 g/mol. The van der Waals surface area contributed by atoms with Crippen molar-refractivity contribution in [1.82, 2.24) is 10.6 Å². The molecule has 5 nitrogen and oxygen atoms in total. The van der Waals surface area contributed by atoms with E-state index in [2.05, 4.69) is 35.8 Å². The van der Waals surface area contributed by atoms with Gasteiger partial charge in [-0.1, -0.05) is 54.1 Å². The van der Waals surface area contributed by atoms with Crippen molar-refractivity contribution >= 4 is 11.8 Å². The molecule has 5 heteroatoms. The third kappa shape index (κ3) is 7.00. The Morgan fingerprint density at radius 2 is 1.55 bits per heavy atom. The predicted octanol–water partition coefficient (Wildman–Crippen LogP) is 3.84. The van der Waals surface area contributed by atoms with Crippen LogP contribution in [-0.4, -0.2) is 25.5 Å². The number of amides is 2. The van der Waals surface area contributed by atoms with E-state index in [9.17, 15) is 9.59 Å². The maximum atomic E-state index is 12.3. The smallest absolute Gasteiger partial charge is 0.251 e. The topological polar surface area (TPSA) is 67.4 Å². The molecule has 2 N–H and O–H groups in total. The van der Waals surface area contributed by atoms with Crippen LogP contribution < -0.4 is 15.4 Å². The van der Waals surface area contributed by atoms with Crippen LogP contribution in [0.3, 0.4) is 0 Å². The molecular formula is C26H28N2O3. The maximum absolute atomic E-state index is 12.3. The largest absolute Gasteiger partial charge is 0.497 e. The molecule has 0 aliphatic carbocycles. The first-order valence-corrected chi connectivity index (χ1v) is 10.4. The first-order chi connectivity index (χ1) is 15.0. The van der Waals surface area contributed by atoms with Crippen LogP contribution in [0.2, 0.25) is 0 Å². The van der Waals surface area contributed by atoms with Gasteiger partial charge in [0.25, 0.3) is 5.91 Å². The maximum Gasteiger partial charge on any atom is 0.251 e. The van der Waals surface area contributed by atoms with E-state index in [-0.39, 0.29) is 11.8 Å². The molecule has 0 atom stereocenters. The molecule has 0 fully saturated rings. The van der Waals surface area contributed by atoms with Crippen molar-refractivity contribution in [3.05, 3.63) is 101 Å². The molecule has 3 aromatic rings. The van der Waals surface area contributed by atoms with Crippen LogP contribution in [0.4, 0.5) is 0 Å². The van der Waals surface area contributed by atoms with Crippen LogP contribution in [0.15, 0.2) is 72.8 Å². The summed E-state index contributed by atoms with van der Waals surface area (Å²) in [5, 5.41) is 5.87. The van der Waals surface area contributed by atoms with E-state index >= 15 is 0 Å². The van der Waals surface area contributed by atoms with Gasteiger partial charge in [-0.3, -0.25) is 9.59 Å². The van der Waals surface area contributed by atoms with Gasteiger partial charge >= 0.3 is 0 Å². The Morgan fingerprint density at radius 3 is 2.23 bits per heavy atom.